The van der Waals surface area contributed by atoms with E-state index in [2.05, 4.69) is 21.4 Å². The minimum absolute atomic E-state index is 0.0000463. The van der Waals surface area contributed by atoms with Gasteiger partial charge in [-0.05, 0) is 34.5 Å². The molecule has 1 atom stereocenters. The highest BCUT2D eigenvalue weighted by atomic mass is 79.9. The first-order valence-corrected chi connectivity index (χ1v) is 5.98. The summed E-state index contributed by atoms with van der Waals surface area (Å²) in [5.41, 5.74) is 2.35. The van der Waals surface area contributed by atoms with Crippen molar-refractivity contribution < 1.29 is 18.3 Å². The Hall–Kier alpha value is -0.600. The number of nitrogens with one attached hydrogen (secondary N) is 1. The Labute approximate surface area is 113 Å². The number of benzene rings is 1. The smallest absolute Gasteiger partial charge is 0.173 e. The molecule has 1 unspecified atom stereocenters. The summed E-state index contributed by atoms with van der Waals surface area (Å²) in [6, 6.07) is 1.92. The van der Waals surface area contributed by atoms with Crippen LogP contribution in [-0.2, 0) is 15.9 Å². The van der Waals surface area contributed by atoms with Crippen LogP contribution in [0.1, 0.15) is 5.56 Å². The molecule has 1 aromatic rings. The Morgan fingerprint density at radius 2 is 1.94 bits per heavy atom. The van der Waals surface area contributed by atoms with Crippen LogP contribution >= 0.6 is 15.9 Å². The topological polar surface area (TPSA) is 56.5 Å². The van der Waals surface area contributed by atoms with Crippen molar-refractivity contribution in [3.63, 3.8) is 0 Å². The van der Waals surface area contributed by atoms with E-state index in [0.29, 0.717) is 0 Å². The van der Waals surface area contributed by atoms with Crippen LogP contribution < -0.4 is 11.3 Å². The van der Waals surface area contributed by atoms with Crippen LogP contribution in [0.15, 0.2) is 16.6 Å². The van der Waals surface area contributed by atoms with Gasteiger partial charge in [0.1, 0.15) is 11.6 Å². The summed E-state index contributed by atoms with van der Waals surface area (Å²) in [5.74, 6) is 4.06. The van der Waals surface area contributed by atoms with Gasteiger partial charge in [0.05, 0.1) is 10.5 Å². The Balaban J connectivity index is 2.98. The number of hydrogen-bond donors (Lipinski definition) is 2. The van der Waals surface area contributed by atoms with E-state index in [0.717, 1.165) is 0 Å². The van der Waals surface area contributed by atoms with Crippen molar-refractivity contribution in [2.45, 2.75) is 18.8 Å². The van der Waals surface area contributed by atoms with Crippen LogP contribution in [0.2, 0.25) is 0 Å². The molecule has 0 bridgehead atoms. The van der Waals surface area contributed by atoms with Gasteiger partial charge in [-0.1, -0.05) is 0 Å². The first-order valence-electron chi connectivity index (χ1n) is 5.19. The number of hydrogen-bond acceptors (Lipinski definition) is 4. The van der Waals surface area contributed by atoms with Crippen molar-refractivity contribution >= 4 is 15.9 Å². The molecule has 0 saturated heterocycles. The normalized spacial score (nSPS) is 13.1. The molecule has 18 heavy (non-hydrogen) atoms. The second-order valence-corrected chi connectivity index (χ2v) is 4.49. The maximum Gasteiger partial charge on any atom is 0.173 e. The average molecular weight is 325 g/mol. The van der Waals surface area contributed by atoms with Crippen molar-refractivity contribution in [3.05, 3.63) is 33.8 Å². The lowest BCUT2D eigenvalue weighted by Crippen LogP contribution is -2.47. The van der Waals surface area contributed by atoms with E-state index in [9.17, 15) is 8.78 Å². The van der Waals surface area contributed by atoms with Gasteiger partial charge < -0.3 is 9.47 Å². The number of ether oxygens (including phenoxy) is 2. The van der Waals surface area contributed by atoms with Gasteiger partial charge in [0.2, 0.25) is 0 Å². The molecule has 0 saturated carbocycles. The first-order chi connectivity index (χ1) is 8.54. The molecule has 0 heterocycles. The Bertz CT molecular complexity index is 403. The van der Waals surface area contributed by atoms with E-state index in [1.807, 2.05) is 0 Å². The standard InChI is InChI=1S/C11H15BrF2N2O2/c1-17-11(18-2)9(16-15)5-6-8(13)4-3-7(12)10(6)14/h3-4,9,11,16H,5,15H2,1-2H3. The largest absolute Gasteiger partial charge is 0.354 e. The summed E-state index contributed by atoms with van der Waals surface area (Å²) in [6.07, 6.45) is -0.701. The Morgan fingerprint density at radius 1 is 1.33 bits per heavy atom. The average Bonchev–Trinajstić information content (AvgIpc) is 2.38. The van der Waals surface area contributed by atoms with E-state index in [4.69, 9.17) is 15.3 Å². The van der Waals surface area contributed by atoms with Crippen molar-refractivity contribution in [1.82, 2.24) is 5.43 Å². The highest BCUT2D eigenvalue weighted by Gasteiger charge is 2.24. The van der Waals surface area contributed by atoms with Crippen LogP contribution in [0.25, 0.3) is 0 Å². The molecule has 0 aromatic heterocycles. The maximum atomic E-state index is 13.8. The summed E-state index contributed by atoms with van der Waals surface area (Å²) in [6.45, 7) is 0. The number of hydrazine groups is 1. The molecule has 0 spiro atoms. The number of nitrogens with two attached hydrogens (primary N) is 1. The Kier molecular flexibility index (Phi) is 6.10. The maximum absolute atomic E-state index is 13.8. The zero-order chi connectivity index (χ0) is 13.7. The van der Waals surface area contributed by atoms with E-state index >= 15 is 0 Å². The molecule has 0 aliphatic rings. The summed E-state index contributed by atoms with van der Waals surface area (Å²) in [4.78, 5) is 0. The molecule has 4 nitrogen and oxygen atoms in total. The fraction of sp³-hybridized carbons (Fsp3) is 0.455. The summed E-state index contributed by atoms with van der Waals surface area (Å²) in [5, 5.41) is 0. The van der Waals surface area contributed by atoms with Gasteiger partial charge in [-0.3, -0.25) is 11.3 Å². The van der Waals surface area contributed by atoms with E-state index in [1.165, 1.54) is 26.4 Å². The molecule has 102 valence electrons. The van der Waals surface area contributed by atoms with Crippen LogP contribution in [0.4, 0.5) is 8.78 Å². The highest BCUT2D eigenvalue weighted by Crippen LogP contribution is 2.23. The van der Waals surface area contributed by atoms with Crippen LogP contribution in [0.5, 0.6) is 0 Å². The minimum atomic E-state index is -0.701. The summed E-state index contributed by atoms with van der Waals surface area (Å²) >= 11 is 3.01. The molecule has 1 aromatic carbocycles. The van der Waals surface area contributed by atoms with Crippen molar-refractivity contribution in [3.8, 4) is 0 Å². The molecule has 0 aliphatic carbocycles. The Morgan fingerprint density at radius 3 is 2.44 bits per heavy atom. The molecule has 1 rings (SSSR count). The predicted octanol–water partition coefficient (Wildman–Crippen LogP) is 1.72. The van der Waals surface area contributed by atoms with E-state index in [-0.39, 0.29) is 16.5 Å². The fourth-order valence-corrected chi connectivity index (χ4v) is 2.01. The van der Waals surface area contributed by atoms with E-state index in [1.54, 1.807) is 0 Å². The van der Waals surface area contributed by atoms with Crippen molar-refractivity contribution in [2.75, 3.05) is 14.2 Å². The summed E-state index contributed by atoms with van der Waals surface area (Å²) in [7, 11) is 2.85. The monoisotopic (exact) mass is 324 g/mol. The molecular formula is C11H15BrF2N2O2. The predicted molar refractivity (Wildman–Crippen MR) is 66.7 cm³/mol. The van der Waals surface area contributed by atoms with Gasteiger partial charge in [0.25, 0.3) is 0 Å². The number of rotatable bonds is 6. The van der Waals surface area contributed by atoms with Gasteiger partial charge in [0.15, 0.2) is 6.29 Å². The van der Waals surface area contributed by atoms with Crippen molar-refractivity contribution in [2.24, 2.45) is 5.84 Å². The number of halogens is 3. The van der Waals surface area contributed by atoms with Gasteiger partial charge in [0, 0.05) is 19.8 Å². The molecule has 0 radical (unpaired) electrons. The quantitative estimate of drug-likeness (QED) is 0.362. The second-order valence-electron chi connectivity index (χ2n) is 3.64. The van der Waals surface area contributed by atoms with Gasteiger partial charge in [-0.15, -0.1) is 0 Å². The third kappa shape index (κ3) is 3.46. The third-order valence-electron chi connectivity index (χ3n) is 2.57. The SMILES string of the molecule is COC(OC)C(Cc1c(F)ccc(Br)c1F)NN. The lowest BCUT2D eigenvalue weighted by atomic mass is 10.0. The zero-order valence-electron chi connectivity index (χ0n) is 10.0. The zero-order valence-corrected chi connectivity index (χ0v) is 11.6. The molecule has 3 N–H and O–H groups in total. The lowest BCUT2D eigenvalue weighted by Gasteiger charge is -2.24. The van der Waals surface area contributed by atoms with Crippen molar-refractivity contribution in [1.29, 1.82) is 0 Å². The number of methoxy groups -OCH3 is 2. The highest BCUT2D eigenvalue weighted by molar-refractivity contribution is 9.10. The van der Waals surface area contributed by atoms with Crippen LogP contribution in [0.3, 0.4) is 0 Å². The molecule has 0 aliphatic heterocycles. The summed E-state index contributed by atoms with van der Waals surface area (Å²) < 4.78 is 37.6. The molecule has 7 heteroatoms. The van der Waals surface area contributed by atoms with Gasteiger partial charge in [-0.25, -0.2) is 8.78 Å². The molecular weight excluding hydrogens is 310 g/mol. The van der Waals surface area contributed by atoms with E-state index < -0.39 is 24.0 Å². The van der Waals surface area contributed by atoms with Gasteiger partial charge in [-0.2, -0.15) is 0 Å². The minimum Gasteiger partial charge on any atom is -0.354 e. The molecule has 0 fully saturated rings. The first kappa shape index (κ1) is 15.5. The lowest BCUT2D eigenvalue weighted by molar-refractivity contribution is -0.122. The fourth-order valence-electron chi connectivity index (χ4n) is 1.63. The second kappa shape index (κ2) is 7.10. The molecule has 0 amide bonds. The van der Waals surface area contributed by atoms with Crippen LogP contribution in [0, 0.1) is 11.6 Å². The third-order valence-corrected chi connectivity index (χ3v) is 3.18. The van der Waals surface area contributed by atoms with Crippen LogP contribution in [-0.4, -0.2) is 26.6 Å². The van der Waals surface area contributed by atoms with Gasteiger partial charge >= 0.3 is 0 Å².